The second-order valence-corrected chi connectivity index (χ2v) is 6.94. The van der Waals surface area contributed by atoms with Crippen LogP contribution >= 0.6 is 11.3 Å². The van der Waals surface area contributed by atoms with Crippen molar-refractivity contribution in [1.82, 2.24) is 4.98 Å². The number of aryl methyl sites for hydroxylation is 1. The predicted molar refractivity (Wildman–Crippen MR) is 105 cm³/mol. The summed E-state index contributed by atoms with van der Waals surface area (Å²) in [6.45, 7) is 2.39. The molecule has 3 N–H and O–H groups in total. The van der Waals surface area contributed by atoms with Crippen molar-refractivity contribution in [3.8, 4) is 5.75 Å². The van der Waals surface area contributed by atoms with Crippen molar-refractivity contribution in [3.05, 3.63) is 75.7 Å². The van der Waals surface area contributed by atoms with E-state index in [1.165, 1.54) is 16.9 Å². The van der Waals surface area contributed by atoms with Crippen LogP contribution in [-0.4, -0.2) is 16.8 Å². The van der Waals surface area contributed by atoms with Crippen LogP contribution in [0.25, 0.3) is 0 Å². The zero-order valence-corrected chi connectivity index (χ0v) is 15.6. The SMILES string of the molecule is Cc1ccc(OCc2nc(CC(=O)Nc3ccc(C(N)=O)cc3)cs2)cc1. The molecule has 0 aliphatic carbocycles. The van der Waals surface area contributed by atoms with Crippen molar-refractivity contribution >= 4 is 28.8 Å². The summed E-state index contributed by atoms with van der Waals surface area (Å²) in [7, 11) is 0. The lowest BCUT2D eigenvalue weighted by molar-refractivity contribution is -0.115. The molecule has 2 aromatic carbocycles. The summed E-state index contributed by atoms with van der Waals surface area (Å²) in [4.78, 5) is 27.6. The molecule has 0 atom stereocenters. The summed E-state index contributed by atoms with van der Waals surface area (Å²) >= 11 is 1.46. The van der Waals surface area contributed by atoms with Crippen LogP contribution < -0.4 is 15.8 Å². The maximum absolute atomic E-state index is 12.2. The minimum atomic E-state index is -0.504. The Bertz CT molecular complexity index is 934. The zero-order valence-electron chi connectivity index (χ0n) is 14.8. The van der Waals surface area contributed by atoms with Gasteiger partial charge in [-0.1, -0.05) is 17.7 Å². The number of hydrogen-bond donors (Lipinski definition) is 2. The highest BCUT2D eigenvalue weighted by molar-refractivity contribution is 7.09. The fourth-order valence-corrected chi connectivity index (χ4v) is 3.07. The van der Waals surface area contributed by atoms with Crippen LogP contribution in [0.4, 0.5) is 5.69 Å². The van der Waals surface area contributed by atoms with Gasteiger partial charge in [0.15, 0.2) is 0 Å². The first-order valence-corrected chi connectivity index (χ1v) is 9.20. The highest BCUT2D eigenvalue weighted by Gasteiger charge is 2.09. The second-order valence-electron chi connectivity index (χ2n) is 6.00. The van der Waals surface area contributed by atoms with Gasteiger partial charge in [-0.15, -0.1) is 11.3 Å². The van der Waals surface area contributed by atoms with Crippen molar-refractivity contribution in [2.24, 2.45) is 5.73 Å². The number of rotatable bonds is 7. The molecule has 138 valence electrons. The van der Waals surface area contributed by atoms with Crippen LogP contribution in [0.5, 0.6) is 5.75 Å². The maximum Gasteiger partial charge on any atom is 0.248 e. The van der Waals surface area contributed by atoms with Crippen LogP contribution in [0, 0.1) is 6.92 Å². The van der Waals surface area contributed by atoms with E-state index in [-0.39, 0.29) is 12.3 Å². The lowest BCUT2D eigenvalue weighted by Gasteiger charge is -2.05. The molecule has 0 saturated heterocycles. The van der Waals surface area contributed by atoms with Gasteiger partial charge in [-0.25, -0.2) is 4.98 Å². The quantitative estimate of drug-likeness (QED) is 0.656. The molecule has 0 aliphatic heterocycles. The number of aromatic nitrogens is 1. The van der Waals surface area contributed by atoms with Crippen molar-refractivity contribution in [2.75, 3.05) is 5.32 Å². The molecule has 27 heavy (non-hydrogen) atoms. The second kappa shape index (κ2) is 8.46. The van der Waals surface area contributed by atoms with Gasteiger partial charge in [-0.2, -0.15) is 0 Å². The molecular weight excluding hydrogens is 362 g/mol. The van der Waals surface area contributed by atoms with Crippen LogP contribution in [-0.2, 0) is 17.8 Å². The Morgan fingerprint density at radius 3 is 2.48 bits per heavy atom. The van der Waals surface area contributed by atoms with Crippen molar-refractivity contribution in [2.45, 2.75) is 20.0 Å². The lowest BCUT2D eigenvalue weighted by Crippen LogP contribution is -2.15. The molecule has 0 fully saturated rings. The summed E-state index contributed by atoms with van der Waals surface area (Å²) in [5, 5.41) is 5.43. The minimum Gasteiger partial charge on any atom is -0.486 e. The minimum absolute atomic E-state index is 0.165. The number of amides is 2. The molecule has 1 heterocycles. The van der Waals surface area contributed by atoms with Crippen molar-refractivity contribution in [1.29, 1.82) is 0 Å². The first kappa shape index (κ1) is 18.6. The molecule has 0 spiro atoms. The van der Waals surface area contributed by atoms with Crippen LogP contribution in [0.15, 0.2) is 53.9 Å². The van der Waals surface area contributed by atoms with Crippen molar-refractivity contribution in [3.63, 3.8) is 0 Å². The smallest absolute Gasteiger partial charge is 0.248 e. The molecule has 3 rings (SSSR count). The molecular formula is C20H19N3O3S. The Morgan fingerprint density at radius 1 is 1.11 bits per heavy atom. The standard InChI is InChI=1S/C20H19N3O3S/c1-13-2-8-17(9-3-13)26-11-19-23-16(12-27-19)10-18(24)22-15-6-4-14(5-7-15)20(21)25/h2-9,12H,10-11H2,1H3,(H2,21,25)(H,22,24). The summed E-state index contributed by atoms with van der Waals surface area (Å²) in [6.07, 6.45) is 0.165. The Kier molecular flexibility index (Phi) is 5.83. The number of hydrogen-bond acceptors (Lipinski definition) is 5. The Hall–Kier alpha value is -3.19. The normalized spacial score (nSPS) is 10.4. The van der Waals surface area contributed by atoms with Gasteiger partial charge in [0, 0.05) is 16.6 Å². The van der Waals surface area contributed by atoms with E-state index >= 15 is 0 Å². The number of primary amides is 1. The molecule has 1 aromatic heterocycles. The number of carbonyl (C=O) groups is 2. The van der Waals surface area contributed by atoms with E-state index in [1.807, 2.05) is 36.6 Å². The van der Waals surface area contributed by atoms with Gasteiger partial charge in [0.05, 0.1) is 12.1 Å². The number of carbonyl (C=O) groups excluding carboxylic acids is 2. The average molecular weight is 381 g/mol. The Labute approximate surface area is 161 Å². The van der Waals surface area contributed by atoms with Gasteiger partial charge in [0.2, 0.25) is 11.8 Å². The van der Waals surface area contributed by atoms with Gasteiger partial charge in [-0.3, -0.25) is 9.59 Å². The monoisotopic (exact) mass is 381 g/mol. The molecule has 0 unspecified atom stereocenters. The van der Waals surface area contributed by atoms with E-state index in [0.717, 1.165) is 10.8 Å². The molecule has 0 aliphatic rings. The number of thiazole rings is 1. The highest BCUT2D eigenvalue weighted by atomic mass is 32.1. The fourth-order valence-electron chi connectivity index (χ4n) is 2.36. The van der Waals surface area contributed by atoms with Gasteiger partial charge in [-0.05, 0) is 43.3 Å². The van der Waals surface area contributed by atoms with E-state index in [1.54, 1.807) is 24.3 Å². The molecule has 2 amide bonds. The third-order valence-electron chi connectivity index (χ3n) is 3.78. The van der Waals surface area contributed by atoms with E-state index < -0.39 is 5.91 Å². The van der Waals surface area contributed by atoms with E-state index in [4.69, 9.17) is 10.5 Å². The van der Waals surface area contributed by atoms with Gasteiger partial charge >= 0.3 is 0 Å². The largest absolute Gasteiger partial charge is 0.486 e. The predicted octanol–water partition coefficient (Wildman–Crippen LogP) is 3.31. The fraction of sp³-hybridized carbons (Fsp3) is 0.150. The number of benzene rings is 2. The van der Waals surface area contributed by atoms with Gasteiger partial charge < -0.3 is 15.8 Å². The van der Waals surface area contributed by atoms with E-state index in [0.29, 0.717) is 23.6 Å². The molecule has 7 heteroatoms. The summed E-state index contributed by atoms with van der Waals surface area (Å²) < 4.78 is 5.70. The topological polar surface area (TPSA) is 94.3 Å². The maximum atomic E-state index is 12.2. The zero-order chi connectivity index (χ0) is 19.2. The number of nitrogens with two attached hydrogens (primary N) is 1. The summed E-state index contributed by atoms with van der Waals surface area (Å²) in [6, 6.07) is 14.2. The first-order chi connectivity index (χ1) is 13.0. The van der Waals surface area contributed by atoms with E-state index in [2.05, 4.69) is 10.3 Å². The molecule has 3 aromatic rings. The van der Waals surface area contributed by atoms with Crippen LogP contribution in [0.1, 0.15) is 26.6 Å². The Morgan fingerprint density at radius 2 is 1.81 bits per heavy atom. The number of nitrogens with one attached hydrogen (secondary N) is 1. The lowest BCUT2D eigenvalue weighted by atomic mass is 10.2. The van der Waals surface area contributed by atoms with E-state index in [9.17, 15) is 9.59 Å². The molecule has 0 bridgehead atoms. The van der Waals surface area contributed by atoms with Crippen LogP contribution in [0.2, 0.25) is 0 Å². The third-order valence-corrected chi connectivity index (χ3v) is 4.65. The van der Waals surface area contributed by atoms with Gasteiger partial charge in [0.25, 0.3) is 0 Å². The molecule has 6 nitrogen and oxygen atoms in total. The number of nitrogens with zero attached hydrogens (tertiary/aromatic N) is 1. The summed E-state index contributed by atoms with van der Waals surface area (Å²) in [5.41, 5.74) is 8.05. The number of anilines is 1. The highest BCUT2D eigenvalue weighted by Crippen LogP contribution is 2.17. The number of ether oxygens (including phenoxy) is 1. The summed E-state index contributed by atoms with van der Waals surface area (Å²) in [5.74, 6) is 0.100. The van der Waals surface area contributed by atoms with Gasteiger partial charge in [0.1, 0.15) is 17.4 Å². The third kappa shape index (κ3) is 5.39. The average Bonchev–Trinajstić information content (AvgIpc) is 3.09. The Balaban J connectivity index is 1.51. The van der Waals surface area contributed by atoms with Crippen LogP contribution in [0.3, 0.4) is 0 Å². The molecule has 0 radical (unpaired) electrons. The van der Waals surface area contributed by atoms with Crippen molar-refractivity contribution < 1.29 is 14.3 Å². The first-order valence-electron chi connectivity index (χ1n) is 8.32. The molecule has 0 saturated carbocycles.